The van der Waals surface area contributed by atoms with Crippen molar-refractivity contribution >= 4 is 18.0 Å². The van der Waals surface area contributed by atoms with E-state index < -0.39 is 12.1 Å². The molecule has 0 heterocycles. The first-order valence-electron chi connectivity index (χ1n) is 10.6. The Morgan fingerprint density at radius 1 is 0.968 bits per heavy atom. The lowest BCUT2D eigenvalue weighted by molar-refractivity contribution is -0.139. The maximum atomic E-state index is 12.1. The highest BCUT2D eigenvalue weighted by molar-refractivity contribution is 5.79. The SMILES string of the molecule is O=C(CCCNC(=O)OCC1c2ccccc2-c2ccccc21)NC[C@H]1C[C@H]1C(=O)O. The fourth-order valence-corrected chi connectivity index (χ4v) is 4.20. The molecule has 3 N–H and O–H groups in total. The minimum Gasteiger partial charge on any atom is -0.481 e. The molecule has 0 spiro atoms. The summed E-state index contributed by atoms with van der Waals surface area (Å²) in [6.45, 7) is 0.993. The van der Waals surface area contributed by atoms with E-state index in [1.807, 2.05) is 24.3 Å². The zero-order valence-electron chi connectivity index (χ0n) is 17.2. The number of alkyl carbamates (subject to hydrolysis) is 1. The van der Waals surface area contributed by atoms with Crippen molar-refractivity contribution in [3.8, 4) is 11.1 Å². The number of aliphatic carboxylic acids is 1. The summed E-state index contributed by atoms with van der Waals surface area (Å²) < 4.78 is 5.46. The van der Waals surface area contributed by atoms with Gasteiger partial charge in [0.25, 0.3) is 0 Å². The van der Waals surface area contributed by atoms with Crippen molar-refractivity contribution in [3.63, 3.8) is 0 Å². The summed E-state index contributed by atoms with van der Waals surface area (Å²) in [5, 5.41) is 14.3. The first-order chi connectivity index (χ1) is 15.0. The topological polar surface area (TPSA) is 105 Å². The van der Waals surface area contributed by atoms with Crippen LogP contribution in [-0.2, 0) is 14.3 Å². The fourth-order valence-electron chi connectivity index (χ4n) is 4.20. The van der Waals surface area contributed by atoms with Crippen LogP contribution in [0.1, 0.15) is 36.3 Å². The zero-order chi connectivity index (χ0) is 21.8. The number of hydrogen-bond acceptors (Lipinski definition) is 4. The van der Waals surface area contributed by atoms with Crippen molar-refractivity contribution in [2.75, 3.05) is 19.7 Å². The van der Waals surface area contributed by atoms with Gasteiger partial charge < -0.3 is 20.5 Å². The molecule has 0 radical (unpaired) electrons. The van der Waals surface area contributed by atoms with Gasteiger partial charge in [-0.3, -0.25) is 9.59 Å². The third kappa shape index (κ3) is 4.87. The Balaban J connectivity index is 1.16. The van der Waals surface area contributed by atoms with E-state index in [0.29, 0.717) is 25.9 Å². The molecule has 31 heavy (non-hydrogen) atoms. The van der Waals surface area contributed by atoms with Crippen molar-refractivity contribution < 1.29 is 24.2 Å². The third-order valence-electron chi connectivity index (χ3n) is 5.99. The highest BCUT2D eigenvalue weighted by Crippen LogP contribution is 2.44. The average molecular weight is 422 g/mol. The van der Waals surface area contributed by atoms with Crippen molar-refractivity contribution in [3.05, 3.63) is 59.7 Å². The fraction of sp³-hybridized carbons (Fsp3) is 0.375. The van der Waals surface area contributed by atoms with Gasteiger partial charge in [-0.25, -0.2) is 4.79 Å². The van der Waals surface area contributed by atoms with Gasteiger partial charge in [-0.1, -0.05) is 48.5 Å². The Bertz CT molecular complexity index is 944. The molecule has 4 rings (SSSR count). The Morgan fingerprint density at radius 2 is 1.61 bits per heavy atom. The van der Waals surface area contributed by atoms with Gasteiger partial charge in [-0.2, -0.15) is 0 Å². The van der Waals surface area contributed by atoms with Crippen LogP contribution >= 0.6 is 0 Å². The van der Waals surface area contributed by atoms with Crippen LogP contribution in [0.25, 0.3) is 11.1 Å². The molecule has 2 aromatic carbocycles. The molecular formula is C24H26N2O5. The number of carbonyl (C=O) groups excluding carboxylic acids is 2. The number of carboxylic acid groups (broad SMARTS) is 1. The van der Waals surface area contributed by atoms with Gasteiger partial charge in [0, 0.05) is 25.4 Å². The number of amides is 2. The van der Waals surface area contributed by atoms with Crippen LogP contribution in [0.2, 0.25) is 0 Å². The number of ether oxygens (including phenoxy) is 1. The standard InChI is InChI=1S/C24H26N2O5/c27-22(26-13-15-12-20(15)23(28)29)10-5-11-25-24(30)31-14-21-18-8-3-1-6-16(18)17-7-2-4-9-19(17)21/h1-4,6-9,15,20-21H,5,10-14H2,(H,25,30)(H,26,27)(H,28,29)/t15-,20-/m1/s1. The summed E-state index contributed by atoms with van der Waals surface area (Å²) in [6, 6.07) is 16.3. The molecule has 0 saturated heterocycles. The van der Waals surface area contributed by atoms with E-state index in [0.717, 1.165) is 11.1 Å². The predicted octanol–water partition coefficient (Wildman–Crippen LogP) is 3.14. The minimum absolute atomic E-state index is 0.0148. The van der Waals surface area contributed by atoms with E-state index in [2.05, 4.69) is 34.9 Å². The van der Waals surface area contributed by atoms with Crippen LogP contribution in [0.4, 0.5) is 4.79 Å². The normalized spacial score (nSPS) is 18.6. The molecule has 7 nitrogen and oxygen atoms in total. The molecule has 1 saturated carbocycles. The highest BCUT2D eigenvalue weighted by Gasteiger charge is 2.42. The number of nitrogens with one attached hydrogen (secondary N) is 2. The molecule has 2 atom stereocenters. The Morgan fingerprint density at radius 3 is 2.23 bits per heavy atom. The summed E-state index contributed by atoms with van der Waals surface area (Å²) in [4.78, 5) is 34.7. The molecule has 7 heteroatoms. The van der Waals surface area contributed by atoms with Gasteiger partial charge in [0.05, 0.1) is 5.92 Å². The van der Waals surface area contributed by atoms with Crippen molar-refractivity contribution in [1.82, 2.24) is 10.6 Å². The van der Waals surface area contributed by atoms with E-state index >= 15 is 0 Å². The molecule has 1 fully saturated rings. The van der Waals surface area contributed by atoms with E-state index in [4.69, 9.17) is 9.84 Å². The Kier molecular flexibility index (Phi) is 6.21. The van der Waals surface area contributed by atoms with Gasteiger partial charge in [0.2, 0.25) is 5.91 Å². The minimum atomic E-state index is -0.799. The summed E-state index contributed by atoms with van der Waals surface area (Å²) in [6.07, 6.45) is 0.889. The second kappa shape index (κ2) is 9.20. The average Bonchev–Trinajstić information content (AvgIpc) is 3.50. The van der Waals surface area contributed by atoms with E-state index in [1.165, 1.54) is 11.1 Å². The van der Waals surface area contributed by atoms with Crippen LogP contribution in [0.5, 0.6) is 0 Å². The maximum Gasteiger partial charge on any atom is 0.407 e. The number of fused-ring (bicyclic) bond motifs is 3. The molecule has 2 amide bonds. The molecule has 2 aliphatic carbocycles. The van der Waals surface area contributed by atoms with Gasteiger partial charge in [0.1, 0.15) is 6.61 Å². The van der Waals surface area contributed by atoms with E-state index in [1.54, 1.807) is 0 Å². The third-order valence-corrected chi connectivity index (χ3v) is 5.99. The highest BCUT2D eigenvalue weighted by atomic mass is 16.5. The summed E-state index contributed by atoms with van der Waals surface area (Å²) in [5.74, 6) is -1.20. The monoisotopic (exact) mass is 422 g/mol. The van der Waals surface area contributed by atoms with Crippen LogP contribution in [-0.4, -0.2) is 42.8 Å². The summed E-state index contributed by atoms with van der Waals surface area (Å²) >= 11 is 0. The van der Waals surface area contributed by atoms with Crippen LogP contribution in [0, 0.1) is 11.8 Å². The van der Waals surface area contributed by atoms with Crippen molar-refractivity contribution in [2.24, 2.45) is 11.8 Å². The molecule has 0 aliphatic heterocycles. The quantitative estimate of drug-likeness (QED) is 0.539. The summed E-state index contributed by atoms with van der Waals surface area (Å²) in [7, 11) is 0. The number of carbonyl (C=O) groups is 3. The number of hydrogen-bond donors (Lipinski definition) is 3. The largest absolute Gasteiger partial charge is 0.481 e. The molecule has 0 bridgehead atoms. The van der Waals surface area contributed by atoms with Crippen LogP contribution in [0.15, 0.2) is 48.5 Å². The van der Waals surface area contributed by atoms with Crippen LogP contribution in [0.3, 0.4) is 0 Å². The molecule has 0 unspecified atom stereocenters. The number of carboxylic acids is 1. The Labute approximate surface area is 180 Å². The number of rotatable bonds is 9. The van der Waals surface area contributed by atoms with Crippen molar-refractivity contribution in [2.45, 2.75) is 25.2 Å². The van der Waals surface area contributed by atoms with E-state index in [-0.39, 0.29) is 36.7 Å². The smallest absolute Gasteiger partial charge is 0.407 e. The predicted molar refractivity (Wildman–Crippen MR) is 115 cm³/mol. The first-order valence-corrected chi connectivity index (χ1v) is 10.6. The Hall–Kier alpha value is -3.35. The van der Waals surface area contributed by atoms with Gasteiger partial charge >= 0.3 is 12.1 Å². The lowest BCUT2D eigenvalue weighted by Gasteiger charge is -2.14. The molecule has 162 valence electrons. The lowest BCUT2D eigenvalue weighted by Crippen LogP contribution is -2.29. The lowest BCUT2D eigenvalue weighted by atomic mass is 9.98. The molecule has 0 aromatic heterocycles. The second-order valence-corrected chi connectivity index (χ2v) is 8.10. The summed E-state index contributed by atoms with van der Waals surface area (Å²) in [5.41, 5.74) is 4.68. The van der Waals surface area contributed by atoms with Gasteiger partial charge in [0.15, 0.2) is 0 Å². The molecule has 2 aliphatic rings. The molecule has 2 aromatic rings. The van der Waals surface area contributed by atoms with E-state index in [9.17, 15) is 14.4 Å². The van der Waals surface area contributed by atoms with Crippen molar-refractivity contribution in [1.29, 1.82) is 0 Å². The second-order valence-electron chi connectivity index (χ2n) is 8.10. The number of benzene rings is 2. The van der Waals surface area contributed by atoms with Gasteiger partial charge in [-0.15, -0.1) is 0 Å². The molecular weight excluding hydrogens is 396 g/mol. The maximum absolute atomic E-state index is 12.1. The first kappa shape index (κ1) is 20.9. The zero-order valence-corrected chi connectivity index (χ0v) is 17.2. The van der Waals surface area contributed by atoms with Crippen LogP contribution < -0.4 is 10.6 Å². The van der Waals surface area contributed by atoms with Gasteiger partial charge in [-0.05, 0) is 41.0 Å².